The van der Waals surface area contributed by atoms with Crippen LogP contribution in [0.5, 0.6) is 23.0 Å². The highest BCUT2D eigenvalue weighted by molar-refractivity contribution is 5.75. The van der Waals surface area contributed by atoms with Crippen LogP contribution in [0, 0.1) is 17.8 Å². The van der Waals surface area contributed by atoms with Gasteiger partial charge in [-0.2, -0.15) is 0 Å². The quantitative estimate of drug-likeness (QED) is 0.294. The Morgan fingerprint density at radius 2 is 1.31 bits per heavy atom. The molecule has 0 spiro atoms. The molecule has 0 aliphatic carbocycles. The number of methoxy groups -OCH3 is 3. The first kappa shape index (κ1) is 31.2. The molecule has 0 bridgehead atoms. The lowest BCUT2D eigenvalue weighted by atomic mass is 9.85. The van der Waals surface area contributed by atoms with Crippen LogP contribution < -0.4 is 14.2 Å². The van der Waals surface area contributed by atoms with Gasteiger partial charge >= 0.3 is 5.97 Å². The van der Waals surface area contributed by atoms with Crippen LogP contribution in [0.1, 0.15) is 61.2 Å². The van der Waals surface area contributed by atoms with E-state index in [9.17, 15) is 9.90 Å². The average molecular weight is 579 g/mol. The number of ether oxygens (including phenoxy) is 5. The van der Waals surface area contributed by atoms with Crippen molar-refractivity contribution in [1.29, 1.82) is 0 Å². The molecule has 0 amide bonds. The van der Waals surface area contributed by atoms with Crippen molar-refractivity contribution in [2.45, 2.75) is 45.3 Å². The molecule has 5 atom stereocenters. The largest absolute Gasteiger partial charge is 0.504 e. The van der Waals surface area contributed by atoms with Gasteiger partial charge in [0, 0.05) is 11.8 Å². The van der Waals surface area contributed by atoms with E-state index in [0.717, 1.165) is 23.1 Å². The van der Waals surface area contributed by atoms with Crippen LogP contribution in [-0.4, -0.2) is 50.7 Å². The van der Waals surface area contributed by atoms with E-state index in [4.69, 9.17) is 28.8 Å². The van der Waals surface area contributed by atoms with Gasteiger partial charge in [0.15, 0.2) is 23.0 Å². The van der Waals surface area contributed by atoms with Crippen LogP contribution in [0.4, 0.5) is 0 Å². The lowest BCUT2D eigenvalue weighted by Gasteiger charge is -2.18. The van der Waals surface area contributed by atoms with Crippen molar-refractivity contribution in [3.8, 4) is 23.0 Å². The van der Waals surface area contributed by atoms with Gasteiger partial charge < -0.3 is 33.9 Å². The van der Waals surface area contributed by atoms with E-state index in [1.807, 2.05) is 48.5 Å². The molecule has 3 aromatic rings. The SMILES string of the molecule is CC(C)Cc1ccc(C(C)C(=O)O)cc1.COc1ccc([C@@H]2OCC3C2CO[C@@H]3c2ccc(OC)c(OC)c2)cc1O. The third-order valence-electron chi connectivity index (χ3n) is 8.03. The highest BCUT2D eigenvalue weighted by Crippen LogP contribution is 2.51. The molecule has 2 saturated heterocycles. The van der Waals surface area contributed by atoms with Crippen LogP contribution in [-0.2, 0) is 20.7 Å². The zero-order valence-corrected chi connectivity index (χ0v) is 25.2. The zero-order valence-electron chi connectivity index (χ0n) is 25.2. The summed E-state index contributed by atoms with van der Waals surface area (Å²) >= 11 is 0. The van der Waals surface area contributed by atoms with E-state index in [1.54, 1.807) is 33.3 Å². The molecule has 226 valence electrons. The van der Waals surface area contributed by atoms with Gasteiger partial charge in [0.25, 0.3) is 0 Å². The summed E-state index contributed by atoms with van der Waals surface area (Å²) in [7, 11) is 4.79. The molecule has 5 rings (SSSR count). The topological polar surface area (TPSA) is 104 Å². The zero-order chi connectivity index (χ0) is 30.4. The Balaban J connectivity index is 0.000000230. The first-order chi connectivity index (χ1) is 20.2. The Kier molecular flexibility index (Phi) is 10.4. The Morgan fingerprint density at radius 1 is 0.786 bits per heavy atom. The van der Waals surface area contributed by atoms with E-state index < -0.39 is 11.9 Å². The standard InChI is InChI=1S/C21H24O6.C13H18O2/c1-23-17-6-4-12(8-16(17)22)20-14-10-27-21(15(14)11-26-20)13-5-7-18(24-2)19(9-13)25-3;1-9(2)8-11-4-6-12(7-5-11)10(3)13(14)15/h4-9,14-15,20-22H,10-11H2,1-3H3;4-7,9-10H,8H2,1-3H3,(H,14,15)/t14?,15?,20-,21+;/m0./s1. The second-order valence-electron chi connectivity index (χ2n) is 11.3. The monoisotopic (exact) mass is 578 g/mol. The van der Waals surface area contributed by atoms with Crippen molar-refractivity contribution < 1.29 is 38.7 Å². The minimum Gasteiger partial charge on any atom is -0.504 e. The van der Waals surface area contributed by atoms with Crippen molar-refractivity contribution >= 4 is 5.97 Å². The number of rotatable bonds is 9. The van der Waals surface area contributed by atoms with Gasteiger partial charge in [-0.3, -0.25) is 4.79 Å². The lowest BCUT2D eigenvalue weighted by molar-refractivity contribution is -0.138. The number of carboxylic acids is 1. The molecule has 3 unspecified atom stereocenters. The van der Waals surface area contributed by atoms with Gasteiger partial charge in [0.05, 0.1) is 52.7 Å². The van der Waals surface area contributed by atoms with E-state index in [1.165, 1.54) is 12.7 Å². The number of aliphatic carboxylic acids is 1. The number of hydrogen-bond donors (Lipinski definition) is 2. The lowest BCUT2D eigenvalue weighted by Crippen LogP contribution is -2.14. The van der Waals surface area contributed by atoms with E-state index in [2.05, 4.69) is 13.8 Å². The highest BCUT2D eigenvalue weighted by atomic mass is 16.5. The Bertz CT molecular complexity index is 1340. The molecular weight excluding hydrogens is 536 g/mol. The summed E-state index contributed by atoms with van der Waals surface area (Å²) < 4.78 is 28.1. The molecule has 8 nitrogen and oxygen atoms in total. The Morgan fingerprint density at radius 3 is 1.79 bits per heavy atom. The second-order valence-corrected chi connectivity index (χ2v) is 11.3. The fourth-order valence-electron chi connectivity index (χ4n) is 5.70. The summed E-state index contributed by atoms with van der Waals surface area (Å²) in [6, 6.07) is 19.2. The molecule has 42 heavy (non-hydrogen) atoms. The highest BCUT2D eigenvalue weighted by Gasteiger charge is 2.48. The molecule has 0 saturated carbocycles. The minimum atomic E-state index is -0.772. The number of phenolic OH excluding ortho intramolecular Hbond substituents is 1. The van der Waals surface area contributed by atoms with Crippen LogP contribution >= 0.6 is 0 Å². The van der Waals surface area contributed by atoms with Crippen molar-refractivity contribution in [2.75, 3.05) is 34.5 Å². The molecule has 3 aromatic carbocycles. The summed E-state index contributed by atoms with van der Waals surface area (Å²) in [4.78, 5) is 10.8. The molecule has 8 heteroatoms. The number of carboxylic acid groups (broad SMARTS) is 1. The molecule has 2 aliphatic rings. The first-order valence-corrected chi connectivity index (χ1v) is 14.3. The molecular formula is C34H42O8. The predicted octanol–water partition coefficient (Wildman–Crippen LogP) is 6.57. The number of phenols is 1. The van der Waals surface area contributed by atoms with Gasteiger partial charge in [-0.1, -0.05) is 50.2 Å². The molecule has 2 N–H and O–H groups in total. The summed E-state index contributed by atoms with van der Waals surface area (Å²) in [5, 5.41) is 18.9. The molecule has 2 heterocycles. The van der Waals surface area contributed by atoms with Crippen LogP contribution in [0.15, 0.2) is 60.7 Å². The van der Waals surface area contributed by atoms with Gasteiger partial charge in [-0.15, -0.1) is 0 Å². The van der Waals surface area contributed by atoms with Crippen molar-refractivity contribution in [3.63, 3.8) is 0 Å². The van der Waals surface area contributed by atoms with Crippen molar-refractivity contribution in [1.82, 2.24) is 0 Å². The first-order valence-electron chi connectivity index (χ1n) is 14.3. The number of aromatic hydroxyl groups is 1. The maximum Gasteiger partial charge on any atom is 0.310 e. The average Bonchev–Trinajstić information content (AvgIpc) is 3.59. The van der Waals surface area contributed by atoms with Crippen molar-refractivity contribution in [3.05, 3.63) is 82.9 Å². The predicted molar refractivity (Wildman–Crippen MR) is 160 cm³/mol. The number of benzene rings is 3. The summed E-state index contributed by atoms with van der Waals surface area (Å²) in [6.07, 6.45) is 0.894. The Hall–Kier alpha value is -3.75. The third kappa shape index (κ3) is 6.99. The van der Waals surface area contributed by atoms with Gasteiger partial charge in [-0.25, -0.2) is 0 Å². The fraction of sp³-hybridized carbons (Fsp3) is 0.441. The molecule has 0 radical (unpaired) electrons. The van der Waals surface area contributed by atoms with E-state index in [-0.39, 0.29) is 29.8 Å². The number of fused-ring (bicyclic) bond motifs is 1. The van der Waals surface area contributed by atoms with E-state index in [0.29, 0.717) is 36.4 Å². The van der Waals surface area contributed by atoms with Crippen LogP contribution in [0.3, 0.4) is 0 Å². The normalized spacial score (nSPS) is 21.7. The molecule has 0 aromatic heterocycles. The van der Waals surface area contributed by atoms with Gasteiger partial charge in [0.2, 0.25) is 0 Å². The summed E-state index contributed by atoms with van der Waals surface area (Å²) in [6.45, 7) is 7.28. The van der Waals surface area contributed by atoms with Gasteiger partial charge in [-0.05, 0) is 65.8 Å². The van der Waals surface area contributed by atoms with Crippen molar-refractivity contribution in [2.24, 2.45) is 17.8 Å². The Labute approximate surface area is 248 Å². The summed E-state index contributed by atoms with van der Waals surface area (Å²) in [5.74, 6) is 1.89. The van der Waals surface area contributed by atoms with Crippen LogP contribution in [0.2, 0.25) is 0 Å². The molecule has 2 fully saturated rings. The summed E-state index contributed by atoms with van der Waals surface area (Å²) in [5.41, 5.74) is 4.14. The smallest absolute Gasteiger partial charge is 0.310 e. The third-order valence-corrected chi connectivity index (χ3v) is 8.03. The maximum absolute atomic E-state index is 10.8. The second kappa shape index (κ2) is 13.9. The van der Waals surface area contributed by atoms with Crippen LogP contribution in [0.25, 0.3) is 0 Å². The number of hydrogen-bond acceptors (Lipinski definition) is 7. The number of carbonyl (C=O) groups is 1. The fourth-order valence-corrected chi connectivity index (χ4v) is 5.70. The maximum atomic E-state index is 10.8. The van der Waals surface area contributed by atoms with E-state index >= 15 is 0 Å². The molecule has 2 aliphatic heterocycles. The van der Waals surface area contributed by atoms with Gasteiger partial charge in [0.1, 0.15) is 0 Å². The minimum absolute atomic E-state index is 0.0494.